The molecule has 0 amide bonds. The van der Waals surface area contributed by atoms with Crippen molar-refractivity contribution in [2.45, 2.75) is 67.9 Å². The minimum atomic E-state index is -0.894. The second-order valence-electron chi connectivity index (χ2n) is 4.59. The molecule has 0 aromatic heterocycles. The fourth-order valence-electron chi connectivity index (χ4n) is 1.76. The zero-order valence-corrected chi connectivity index (χ0v) is 14.9. The molecule has 0 rings (SSSR count). The quantitative estimate of drug-likeness (QED) is 0.304. The number of rotatable bonds is 11. The van der Waals surface area contributed by atoms with Gasteiger partial charge in [0.25, 0.3) is 0 Å². The molecule has 0 saturated carbocycles. The zero-order valence-electron chi connectivity index (χ0n) is 10.6. The molecule has 0 aromatic rings. The van der Waals surface area contributed by atoms with E-state index in [1.54, 1.807) is 0 Å². The van der Waals surface area contributed by atoms with Crippen LogP contribution in [0, 0.1) is 0 Å². The number of unbranched alkanes of at least 4 members (excludes halogenated alkanes) is 6. The Morgan fingerprint density at radius 2 is 1.35 bits per heavy atom. The number of hydrogen-bond acceptors (Lipinski definition) is 0. The molecule has 0 heterocycles. The van der Waals surface area contributed by atoms with Crippen LogP contribution >= 0.6 is 34.8 Å². The first kappa shape index (κ1) is 18.0. The lowest BCUT2D eigenvalue weighted by Gasteiger charge is -2.16. The first-order valence-corrected chi connectivity index (χ1v) is 9.14. The Hall–Kier alpha value is 1.02. The van der Waals surface area contributed by atoms with Gasteiger partial charge in [-0.2, -0.15) is 0 Å². The Morgan fingerprint density at radius 3 is 1.82 bits per heavy atom. The smallest absolute Gasteiger partial charge is 0.0970 e. The summed E-state index contributed by atoms with van der Waals surface area (Å²) in [7, 11) is 0.468. The molecule has 0 radical (unpaired) electrons. The fourth-order valence-corrected chi connectivity index (χ4v) is 3.14. The molecule has 3 unspecified atom stereocenters. The van der Waals surface area contributed by atoms with Gasteiger partial charge in [0.05, 0.1) is 16.5 Å². The first-order valence-electron chi connectivity index (χ1n) is 6.57. The maximum atomic E-state index is 12.9. The van der Waals surface area contributed by atoms with Crippen molar-refractivity contribution in [1.82, 2.24) is 0 Å². The van der Waals surface area contributed by atoms with Gasteiger partial charge in [-0.15, -0.1) is 34.8 Å². The van der Waals surface area contributed by atoms with E-state index < -0.39 is 11.2 Å². The highest BCUT2D eigenvalue weighted by molar-refractivity contribution is 6.33. The molecule has 0 fully saturated rings. The summed E-state index contributed by atoms with van der Waals surface area (Å²) in [5.41, 5.74) is 0. The highest BCUT2D eigenvalue weighted by Crippen LogP contribution is 2.21. The van der Waals surface area contributed by atoms with E-state index in [1.165, 1.54) is 32.1 Å². The molecule has 5 heteroatoms. The third kappa shape index (κ3) is 10.6. The predicted octanol–water partition coefficient (Wildman–Crippen LogP) is 4.22. The lowest BCUT2D eigenvalue weighted by Crippen LogP contribution is -2.26. The average Bonchev–Trinajstić information content (AvgIpc) is 2.31. The van der Waals surface area contributed by atoms with E-state index in [-0.39, 0.29) is 5.38 Å². The van der Waals surface area contributed by atoms with Gasteiger partial charge in [-0.25, -0.2) is 0 Å². The van der Waals surface area contributed by atoms with Crippen LogP contribution in [-0.4, -0.2) is 32.7 Å². The van der Waals surface area contributed by atoms with E-state index in [4.69, 9.17) is 34.8 Å². The van der Waals surface area contributed by atoms with Crippen LogP contribution in [0.5, 0.6) is 0 Å². The first-order chi connectivity index (χ1) is 8.09. The van der Waals surface area contributed by atoms with Crippen LogP contribution < -0.4 is 0 Å². The number of alkyl halides is 4. The summed E-state index contributed by atoms with van der Waals surface area (Å²) in [6.07, 6.45) is 9.18. The zero-order chi connectivity index (χ0) is 13.1. The molecule has 104 valence electrons. The average molecular weight is 322 g/mol. The van der Waals surface area contributed by atoms with Crippen molar-refractivity contribution < 1.29 is 4.39 Å². The van der Waals surface area contributed by atoms with Crippen molar-refractivity contribution >= 4 is 45.0 Å². The van der Waals surface area contributed by atoms with Crippen LogP contribution in [0.4, 0.5) is 4.39 Å². The van der Waals surface area contributed by atoms with Crippen molar-refractivity contribution in [3.05, 3.63) is 0 Å². The Kier molecular flexibility index (Phi) is 12.8. The molecule has 0 aliphatic heterocycles. The van der Waals surface area contributed by atoms with Crippen molar-refractivity contribution in [1.29, 1.82) is 0 Å². The van der Waals surface area contributed by atoms with E-state index in [0.717, 1.165) is 25.1 Å². The van der Waals surface area contributed by atoms with Crippen molar-refractivity contribution in [2.75, 3.05) is 5.88 Å². The molecular formula is C12H24Cl3FSi. The van der Waals surface area contributed by atoms with Crippen LogP contribution in [0.2, 0.25) is 0 Å². The Bertz CT molecular complexity index is 170. The van der Waals surface area contributed by atoms with Crippen molar-refractivity contribution in [3.8, 4) is 0 Å². The van der Waals surface area contributed by atoms with Crippen molar-refractivity contribution in [3.63, 3.8) is 0 Å². The van der Waals surface area contributed by atoms with Gasteiger partial charge in [0.1, 0.15) is 0 Å². The van der Waals surface area contributed by atoms with Crippen LogP contribution in [0.1, 0.15) is 51.4 Å². The van der Waals surface area contributed by atoms with E-state index in [0.29, 0.717) is 10.2 Å². The summed E-state index contributed by atoms with van der Waals surface area (Å²) in [5.74, 6) is -0.120. The molecule has 0 aliphatic carbocycles. The molecule has 3 atom stereocenters. The molecular weight excluding hydrogens is 298 g/mol. The molecule has 0 saturated heterocycles. The minimum absolute atomic E-state index is 0.208. The largest absolute Gasteiger partial charge is 0.251 e. The number of hydrogen-bond donors (Lipinski definition) is 0. The molecule has 0 spiro atoms. The third-order valence-electron chi connectivity index (χ3n) is 2.90. The van der Waals surface area contributed by atoms with Gasteiger partial charge in [0.2, 0.25) is 0 Å². The monoisotopic (exact) mass is 320 g/mol. The van der Waals surface area contributed by atoms with E-state index >= 15 is 0 Å². The standard InChI is InChI=1S/C12H24Cl3FSi/c13-9-7-5-3-1-2-4-6-8-10(14)11(15)12(16)17/h10-12H,1-9H2,17H3. The molecule has 0 aliphatic rings. The van der Waals surface area contributed by atoms with Gasteiger partial charge in [-0.1, -0.05) is 38.5 Å². The van der Waals surface area contributed by atoms with Crippen molar-refractivity contribution in [2.24, 2.45) is 0 Å². The lowest BCUT2D eigenvalue weighted by molar-refractivity contribution is 0.410. The highest BCUT2D eigenvalue weighted by Gasteiger charge is 2.21. The van der Waals surface area contributed by atoms with Gasteiger partial charge < -0.3 is 0 Å². The summed E-state index contributed by atoms with van der Waals surface area (Å²) in [4.78, 5) is 0. The van der Waals surface area contributed by atoms with Gasteiger partial charge in [0.15, 0.2) is 0 Å². The Morgan fingerprint density at radius 1 is 0.882 bits per heavy atom. The number of halogens is 4. The van der Waals surface area contributed by atoms with Crippen LogP contribution in [0.25, 0.3) is 0 Å². The predicted molar refractivity (Wildman–Crippen MR) is 81.8 cm³/mol. The summed E-state index contributed by atoms with van der Waals surface area (Å²) < 4.78 is 12.9. The topological polar surface area (TPSA) is 0 Å². The van der Waals surface area contributed by atoms with Crippen LogP contribution in [-0.2, 0) is 0 Å². The SMILES string of the molecule is FC([SiH3])C(Cl)C(Cl)CCCCCCCCCCl. The summed E-state index contributed by atoms with van der Waals surface area (Å²) in [6, 6.07) is 0. The van der Waals surface area contributed by atoms with E-state index in [9.17, 15) is 4.39 Å². The molecule has 0 N–H and O–H groups in total. The normalized spacial score (nSPS) is 16.9. The minimum Gasteiger partial charge on any atom is -0.251 e. The highest BCUT2D eigenvalue weighted by atomic mass is 35.5. The van der Waals surface area contributed by atoms with Gasteiger partial charge in [-0.3, -0.25) is 4.39 Å². The third-order valence-corrected chi connectivity index (χ3v) is 5.58. The summed E-state index contributed by atoms with van der Waals surface area (Å²) in [6.45, 7) is 0. The Balaban J connectivity index is 3.27. The van der Waals surface area contributed by atoms with Crippen LogP contribution in [0.15, 0.2) is 0 Å². The van der Waals surface area contributed by atoms with E-state index in [2.05, 4.69) is 0 Å². The van der Waals surface area contributed by atoms with E-state index in [1.807, 2.05) is 0 Å². The molecule has 0 bridgehead atoms. The summed E-state index contributed by atoms with van der Waals surface area (Å²) >= 11 is 17.5. The van der Waals surface area contributed by atoms with Crippen LogP contribution in [0.3, 0.4) is 0 Å². The second-order valence-corrected chi connectivity index (χ2v) is 7.14. The Labute approximate surface area is 123 Å². The van der Waals surface area contributed by atoms with Gasteiger partial charge in [-0.05, 0) is 12.8 Å². The fraction of sp³-hybridized carbons (Fsp3) is 1.00. The maximum Gasteiger partial charge on any atom is 0.0970 e. The lowest BCUT2D eigenvalue weighted by atomic mass is 10.1. The van der Waals surface area contributed by atoms with Gasteiger partial charge in [0, 0.05) is 16.1 Å². The second kappa shape index (κ2) is 12.1. The molecule has 0 aromatic carbocycles. The summed E-state index contributed by atoms with van der Waals surface area (Å²) in [5, 5.41) is -0.701. The molecule has 0 nitrogen and oxygen atoms in total. The van der Waals surface area contributed by atoms with Gasteiger partial charge >= 0.3 is 0 Å². The molecule has 17 heavy (non-hydrogen) atoms. The maximum absolute atomic E-state index is 12.9.